The first-order chi connectivity index (χ1) is 19.9. The lowest BCUT2D eigenvalue weighted by atomic mass is 10.00. The molecule has 8 nitrogen and oxygen atoms in total. The van der Waals surface area contributed by atoms with Crippen molar-refractivity contribution in [1.82, 2.24) is 20.2 Å². The average molecular weight is 586 g/mol. The van der Waals surface area contributed by atoms with Crippen LogP contribution in [0.2, 0.25) is 0 Å². The number of nitrogens with zero attached hydrogens (tertiary/aromatic N) is 3. The molecule has 5 rings (SSSR count). The van der Waals surface area contributed by atoms with Gasteiger partial charge in [-0.05, 0) is 54.1 Å². The van der Waals surface area contributed by atoms with E-state index in [0.717, 1.165) is 12.3 Å². The van der Waals surface area contributed by atoms with Crippen LogP contribution in [0.15, 0.2) is 65.4 Å². The number of amides is 2. The molecule has 3 N–H and O–H groups in total. The molecule has 0 aliphatic carbocycles. The fourth-order valence-corrected chi connectivity index (χ4v) is 4.49. The second-order valence-corrected chi connectivity index (χ2v) is 9.79. The van der Waals surface area contributed by atoms with E-state index in [1.165, 1.54) is 47.5 Å². The Kier molecular flexibility index (Phi) is 7.67. The van der Waals surface area contributed by atoms with Crippen molar-refractivity contribution in [1.29, 1.82) is 0 Å². The van der Waals surface area contributed by atoms with Gasteiger partial charge in [0.05, 0.1) is 23.2 Å². The van der Waals surface area contributed by atoms with Crippen LogP contribution in [0.1, 0.15) is 40.1 Å². The van der Waals surface area contributed by atoms with Gasteiger partial charge in [0.15, 0.2) is 0 Å². The van der Waals surface area contributed by atoms with Gasteiger partial charge in [-0.25, -0.2) is 13.8 Å². The molecule has 1 aliphatic heterocycles. The molecular formula is C29H24F5N5O3. The number of fused-ring (bicyclic) bond motifs is 1. The topological polar surface area (TPSA) is 114 Å². The van der Waals surface area contributed by atoms with E-state index in [0.29, 0.717) is 11.4 Å². The number of benzene rings is 1. The molecule has 1 aromatic carbocycles. The first-order valence-corrected chi connectivity index (χ1v) is 12.8. The minimum absolute atomic E-state index is 0.00469. The smallest absolute Gasteiger partial charge is 0.417 e. The monoisotopic (exact) mass is 585 g/mol. The second-order valence-electron chi connectivity index (χ2n) is 9.79. The highest BCUT2D eigenvalue weighted by Crippen LogP contribution is 2.40. The number of nitrogens with two attached hydrogens (primary N) is 1. The third kappa shape index (κ3) is 6.56. The number of alkyl halides is 5. The largest absolute Gasteiger partial charge is 0.459 e. The number of carbonyl (C=O) groups excluding carboxylic acids is 2. The molecule has 0 saturated carbocycles. The van der Waals surface area contributed by atoms with Crippen molar-refractivity contribution in [2.45, 2.75) is 31.5 Å². The zero-order valence-electron chi connectivity index (χ0n) is 21.9. The van der Waals surface area contributed by atoms with Crippen molar-refractivity contribution < 1.29 is 36.0 Å². The van der Waals surface area contributed by atoms with Crippen molar-refractivity contribution in [2.75, 3.05) is 18.8 Å². The predicted molar refractivity (Wildman–Crippen MR) is 144 cm³/mol. The Labute approximate surface area is 236 Å². The number of hydrogen-bond acceptors (Lipinski definition) is 6. The van der Waals surface area contributed by atoms with Gasteiger partial charge in [0.25, 0.3) is 11.8 Å². The average Bonchev–Trinajstić information content (AvgIpc) is 3.43. The molecule has 0 radical (unpaired) electrons. The lowest BCUT2D eigenvalue weighted by Crippen LogP contribution is -2.42. The van der Waals surface area contributed by atoms with Crippen LogP contribution in [0.5, 0.6) is 0 Å². The van der Waals surface area contributed by atoms with E-state index in [2.05, 4.69) is 15.3 Å². The maximum Gasteiger partial charge on any atom is 0.417 e. The summed E-state index contributed by atoms with van der Waals surface area (Å²) < 4.78 is 74.7. The minimum Gasteiger partial charge on any atom is -0.459 e. The summed E-state index contributed by atoms with van der Waals surface area (Å²) in [6, 6.07) is 9.51. The lowest BCUT2D eigenvalue weighted by Gasteiger charge is -2.31. The maximum atomic E-state index is 14.0. The Morgan fingerprint density at radius 3 is 2.50 bits per heavy atom. The van der Waals surface area contributed by atoms with Gasteiger partial charge >= 0.3 is 6.18 Å². The minimum atomic E-state index is -4.75. The summed E-state index contributed by atoms with van der Waals surface area (Å²) in [5.74, 6) is -3.39. The van der Waals surface area contributed by atoms with E-state index >= 15 is 0 Å². The van der Waals surface area contributed by atoms with Crippen LogP contribution in [0.25, 0.3) is 28.3 Å². The summed E-state index contributed by atoms with van der Waals surface area (Å²) >= 11 is 0. The first-order valence-electron chi connectivity index (χ1n) is 12.8. The Hall–Kier alpha value is -4.81. The van der Waals surface area contributed by atoms with Crippen molar-refractivity contribution in [3.05, 3.63) is 83.4 Å². The number of furan rings is 1. The van der Waals surface area contributed by atoms with Crippen LogP contribution in [-0.2, 0) is 17.5 Å². The van der Waals surface area contributed by atoms with Gasteiger partial charge in [0, 0.05) is 55.4 Å². The fraction of sp³-hybridized carbons (Fsp3) is 0.241. The number of piperidine rings is 1. The molecule has 0 unspecified atom stereocenters. The summed E-state index contributed by atoms with van der Waals surface area (Å²) in [4.78, 5) is 34.3. The number of hydrogen-bond donors (Lipinski definition) is 2. The van der Waals surface area contributed by atoms with Gasteiger partial charge in [-0.3, -0.25) is 14.6 Å². The molecule has 2 amide bonds. The first kappa shape index (κ1) is 28.7. The van der Waals surface area contributed by atoms with Gasteiger partial charge < -0.3 is 20.4 Å². The Morgan fingerprint density at radius 1 is 1.05 bits per heavy atom. The number of anilines is 1. The van der Waals surface area contributed by atoms with Crippen molar-refractivity contribution >= 4 is 34.6 Å². The molecule has 4 heterocycles. The standard InChI is InChI=1S/C29H24F5N5O3/c30-28(31)7-9-39(10-8-28)27(41)19-11-18-12-21(22(29(32,33)34)13-23(18)36-15-19)24-4-3-20(42-24)16-38-26(40)6-2-17-1-5-25(35)37-14-17/h1-6,11-15H,7-10,16H2,(H2,35,37)(H,38,40)/b6-2+. The van der Waals surface area contributed by atoms with Crippen LogP contribution in [0.3, 0.4) is 0 Å². The SMILES string of the molecule is Nc1ccc(/C=C/C(=O)NCc2ccc(-c3cc4cc(C(=O)N5CCC(F)(F)CC5)cnc4cc3C(F)(F)F)o2)cn1. The number of rotatable bonds is 6. The summed E-state index contributed by atoms with van der Waals surface area (Å²) in [6.07, 6.45) is -0.252. The van der Waals surface area contributed by atoms with Crippen LogP contribution < -0.4 is 11.1 Å². The van der Waals surface area contributed by atoms with Crippen LogP contribution in [0.4, 0.5) is 27.8 Å². The zero-order chi connectivity index (χ0) is 30.1. The lowest BCUT2D eigenvalue weighted by molar-refractivity contribution is -0.137. The maximum absolute atomic E-state index is 14.0. The molecule has 0 spiro atoms. The van der Waals surface area contributed by atoms with Gasteiger partial charge in [0.1, 0.15) is 17.3 Å². The number of nitrogen functional groups attached to an aromatic ring is 1. The predicted octanol–water partition coefficient (Wildman–Crippen LogP) is 5.69. The molecule has 13 heteroatoms. The Bertz CT molecular complexity index is 1650. The van der Waals surface area contributed by atoms with Crippen LogP contribution in [-0.4, -0.2) is 45.7 Å². The van der Waals surface area contributed by atoms with E-state index in [9.17, 15) is 31.5 Å². The Morgan fingerprint density at radius 2 is 1.81 bits per heavy atom. The van der Waals surface area contributed by atoms with Gasteiger partial charge in [-0.1, -0.05) is 0 Å². The molecule has 218 valence electrons. The molecule has 3 aromatic heterocycles. The molecule has 4 aromatic rings. The van der Waals surface area contributed by atoms with Gasteiger partial charge in [-0.2, -0.15) is 13.2 Å². The molecule has 1 aliphatic rings. The highest BCUT2D eigenvalue weighted by molar-refractivity contribution is 5.98. The molecule has 1 fully saturated rings. The van der Waals surface area contributed by atoms with Crippen LogP contribution in [0, 0.1) is 0 Å². The number of nitrogens with one attached hydrogen (secondary N) is 1. The van der Waals surface area contributed by atoms with E-state index in [-0.39, 0.29) is 53.2 Å². The number of pyridine rings is 2. The van der Waals surface area contributed by atoms with Crippen molar-refractivity contribution in [3.63, 3.8) is 0 Å². The third-order valence-electron chi connectivity index (χ3n) is 6.76. The molecule has 0 bridgehead atoms. The summed E-state index contributed by atoms with van der Waals surface area (Å²) in [5.41, 5.74) is 4.96. The zero-order valence-corrected chi connectivity index (χ0v) is 21.9. The number of likely N-dealkylation sites (tertiary alicyclic amines) is 1. The number of aromatic nitrogens is 2. The summed E-state index contributed by atoms with van der Waals surface area (Å²) in [5, 5.41) is 2.83. The van der Waals surface area contributed by atoms with E-state index in [4.69, 9.17) is 10.2 Å². The molecule has 0 atom stereocenters. The quantitative estimate of drug-likeness (QED) is 0.222. The van der Waals surface area contributed by atoms with Gasteiger partial charge in [-0.15, -0.1) is 0 Å². The fourth-order valence-electron chi connectivity index (χ4n) is 4.49. The van der Waals surface area contributed by atoms with E-state index in [1.807, 2.05) is 0 Å². The second kappa shape index (κ2) is 11.2. The normalized spacial score (nSPS) is 15.3. The molecular weight excluding hydrogens is 561 g/mol. The van der Waals surface area contributed by atoms with E-state index < -0.39 is 42.3 Å². The van der Waals surface area contributed by atoms with E-state index in [1.54, 1.807) is 12.1 Å². The van der Waals surface area contributed by atoms with Crippen LogP contribution >= 0.6 is 0 Å². The Balaban J connectivity index is 1.36. The highest BCUT2D eigenvalue weighted by atomic mass is 19.4. The third-order valence-corrected chi connectivity index (χ3v) is 6.76. The van der Waals surface area contributed by atoms with Crippen molar-refractivity contribution in [2.24, 2.45) is 0 Å². The molecule has 42 heavy (non-hydrogen) atoms. The molecule has 1 saturated heterocycles. The summed E-state index contributed by atoms with van der Waals surface area (Å²) in [7, 11) is 0. The van der Waals surface area contributed by atoms with Crippen molar-refractivity contribution in [3.8, 4) is 11.3 Å². The summed E-state index contributed by atoms with van der Waals surface area (Å²) in [6.45, 7) is -0.363. The highest BCUT2D eigenvalue weighted by Gasteiger charge is 2.37. The van der Waals surface area contributed by atoms with Gasteiger partial charge in [0.2, 0.25) is 5.91 Å². The number of carbonyl (C=O) groups is 2. The number of halogens is 5.